The van der Waals surface area contributed by atoms with Crippen molar-refractivity contribution in [1.29, 1.82) is 0 Å². The summed E-state index contributed by atoms with van der Waals surface area (Å²) in [6, 6.07) is 9.76. The number of para-hydroxylation sites is 1. The van der Waals surface area contributed by atoms with Crippen molar-refractivity contribution in [1.82, 2.24) is 19.3 Å². The highest BCUT2D eigenvalue weighted by Gasteiger charge is 2.22. The predicted molar refractivity (Wildman–Crippen MR) is 126 cm³/mol. The number of hydrogen-bond acceptors (Lipinski definition) is 6. The number of ketones is 1. The number of ether oxygens (including phenoxy) is 2. The number of carbonyl (C=O) groups is 1. The first-order valence-corrected chi connectivity index (χ1v) is 12.0. The smallest absolute Gasteiger partial charge is 0.191 e. The van der Waals surface area contributed by atoms with E-state index in [1.165, 1.54) is 11.8 Å². The zero-order chi connectivity index (χ0) is 22.7. The molecular formula is C24H30N4O3S. The Bertz CT molecular complexity index is 1100. The minimum Gasteiger partial charge on any atom is -0.496 e. The largest absolute Gasteiger partial charge is 0.496 e. The third-order valence-corrected chi connectivity index (χ3v) is 6.96. The summed E-state index contributed by atoms with van der Waals surface area (Å²) >= 11 is 1.43. The zero-order valence-electron chi connectivity index (χ0n) is 19.1. The first-order valence-electron chi connectivity index (χ1n) is 11.0. The summed E-state index contributed by atoms with van der Waals surface area (Å²) in [6.45, 7) is 8.47. The fourth-order valence-corrected chi connectivity index (χ4v) is 5.16. The maximum Gasteiger partial charge on any atom is 0.191 e. The van der Waals surface area contributed by atoms with Gasteiger partial charge in [-0.1, -0.05) is 23.9 Å². The molecule has 1 aromatic carbocycles. The van der Waals surface area contributed by atoms with Crippen LogP contribution in [0, 0.1) is 13.8 Å². The van der Waals surface area contributed by atoms with E-state index in [1.807, 2.05) is 48.7 Å². The highest BCUT2D eigenvalue weighted by Crippen LogP contribution is 2.31. The summed E-state index contributed by atoms with van der Waals surface area (Å²) in [4.78, 5) is 13.1. The molecule has 2 aromatic heterocycles. The molecule has 0 saturated carbocycles. The van der Waals surface area contributed by atoms with Crippen LogP contribution < -0.4 is 4.74 Å². The molecular weight excluding hydrogens is 424 g/mol. The molecule has 8 heteroatoms. The molecule has 0 amide bonds. The van der Waals surface area contributed by atoms with Crippen LogP contribution in [0.3, 0.4) is 0 Å². The Morgan fingerprint density at radius 3 is 2.78 bits per heavy atom. The van der Waals surface area contributed by atoms with Crippen LogP contribution in [0.4, 0.5) is 0 Å². The van der Waals surface area contributed by atoms with E-state index in [-0.39, 0.29) is 11.9 Å². The predicted octanol–water partition coefficient (Wildman–Crippen LogP) is 4.55. The van der Waals surface area contributed by atoms with Crippen molar-refractivity contribution in [3.63, 3.8) is 0 Å². The Balaban J connectivity index is 1.49. The normalized spacial score (nSPS) is 15.9. The number of Topliss-reactive ketones (excluding diaryl/α,β-unsaturated/α-hetero) is 1. The monoisotopic (exact) mass is 454 g/mol. The summed E-state index contributed by atoms with van der Waals surface area (Å²) in [7, 11) is 1.65. The van der Waals surface area contributed by atoms with Crippen LogP contribution in [-0.2, 0) is 17.8 Å². The average Bonchev–Trinajstić information content (AvgIpc) is 3.53. The molecule has 1 aliphatic rings. The lowest BCUT2D eigenvalue weighted by molar-refractivity contribution is 0.0957. The molecule has 0 aliphatic carbocycles. The molecule has 1 aliphatic heterocycles. The van der Waals surface area contributed by atoms with Gasteiger partial charge >= 0.3 is 0 Å². The van der Waals surface area contributed by atoms with Gasteiger partial charge in [-0.15, -0.1) is 10.2 Å². The third kappa shape index (κ3) is 4.47. The number of methoxy groups -OCH3 is 1. The van der Waals surface area contributed by atoms with E-state index in [0.717, 1.165) is 65.2 Å². The van der Waals surface area contributed by atoms with E-state index < -0.39 is 0 Å². The van der Waals surface area contributed by atoms with Crippen LogP contribution in [-0.4, -0.2) is 50.7 Å². The number of thioether (sulfide) groups is 1. The molecule has 1 atom stereocenters. The van der Waals surface area contributed by atoms with Crippen LogP contribution in [0.5, 0.6) is 5.75 Å². The van der Waals surface area contributed by atoms with Gasteiger partial charge in [-0.2, -0.15) is 0 Å². The molecule has 0 spiro atoms. The summed E-state index contributed by atoms with van der Waals surface area (Å²) in [5, 5.41) is 9.49. The first kappa shape index (κ1) is 22.6. The van der Waals surface area contributed by atoms with E-state index in [2.05, 4.69) is 21.7 Å². The summed E-state index contributed by atoms with van der Waals surface area (Å²) in [5.41, 5.74) is 3.78. The minimum atomic E-state index is 0.103. The molecule has 32 heavy (non-hydrogen) atoms. The molecule has 0 radical (unpaired) electrons. The summed E-state index contributed by atoms with van der Waals surface area (Å²) < 4.78 is 15.5. The second-order valence-corrected chi connectivity index (χ2v) is 8.94. The molecule has 3 heterocycles. The number of nitrogens with zero attached hydrogens (tertiary/aromatic N) is 4. The molecule has 3 aromatic rings. The first-order chi connectivity index (χ1) is 15.5. The van der Waals surface area contributed by atoms with Gasteiger partial charge in [0.2, 0.25) is 0 Å². The maximum atomic E-state index is 13.1. The van der Waals surface area contributed by atoms with Crippen LogP contribution in [0.15, 0.2) is 35.5 Å². The number of aryl methyl sites for hydroxylation is 1. The SMILES string of the molecule is CCn1c(SCC(=O)c2cc(C)n(CC3CCCO3)c2C)nnc1-c1ccccc1OC. The van der Waals surface area contributed by atoms with Gasteiger partial charge in [-0.05, 0) is 51.8 Å². The van der Waals surface area contributed by atoms with E-state index in [4.69, 9.17) is 9.47 Å². The highest BCUT2D eigenvalue weighted by atomic mass is 32.2. The van der Waals surface area contributed by atoms with E-state index >= 15 is 0 Å². The van der Waals surface area contributed by atoms with E-state index in [1.54, 1.807) is 7.11 Å². The highest BCUT2D eigenvalue weighted by molar-refractivity contribution is 7.99. The number of carbonyl (C=O) groups excluding carboxylic acids is 1. The second kappa shape index (κ2) is 9.92. The van der Waals surface area contributed by atoms with Crippen molar-refractivity contribution in [3.05, 3.63) is 47.3 Å². The zero-order valence-corrected chi connectivity index (χ0v) is 19.9. The van der Waals surface area contributed by atoms with Gasteiger partial charge < -0.3 is 18.6 Å². The maximum absolute atomic E-state index is 13.1. The lowest BCUT2D eigenvalue weighted by Crippen LogP contribution is -2.17. The Kier molecular flexibility index (Phi) is 7.01. The van der Waals surface area contributed by atoms with E-state index in [9.17, 15) is 4.79 Å². The van der Waals surface area contributed by atoms with Gasteiger partial charge in [0.15, 0.2) is 16.8 Å². The quantitative estimate of drug-likeness (QED) is 0.349. The Morgan fingerprint density at radius 1 is 1.25 bits per heavy atom. The minimum absolute atomic E-state index is 0.103. The lowest BCUT2D eigenvalue weighted by Gasteiger charge is -2.14. The molecule has 170 valence electrons. The van der Waals surface area contributed by atoms with Crippen LogP contribution in [0.1, 0.15) is 41.5 Å². The Labute approximate surface area is 193 Å². The van der Waals surface area contributed by atoms with Crippen molar-refractivity contribution in [2.24, 2.45) is 0 Å². The van der Waals surface area contributed by atoms with Crippen molar-refractivity contribution in [2.45, 2.75) is 58.0 Å². The molecule has 1 unspecified atom stereocenters. The van der Waals surface area contributed by atoms with Gasteiger partial charge in [0.1, 0.15) is 5.75 Å². The van der Waals surface area contributed by atoms with E-state index in [0.29, 0.717) is 12.3 Å². The lowest BCUT2D eigenvalue weighted by atomic mass is 10.2. The molecule has 4 rings (SSSR count). The van der Waals surface area contributed by atoms with Crippen LogP contribution in [0.25, 0.3) is 11.4 Å². The van der Waals surface area contributed by atoms with Gasteiger partial charge in [0.25, 0.3) is 0 Å². The molecule has 0 N–H and O–H groups in total. The van der Waals surface area contributed by atoms with Gasteiger partial charge in [0, 0.05) is 36.6 Å². The number of benzene rings is 1. The van der Waals surface area contributed by atoms with Gasteiger partial charge in [-0.25, -0.2) is 0 Å². The summed E-state index contributed by atoms with van der Waals surface area (Å²) in [5.74, 6) is 1.91. The molecule has 0 bridgehead atoms. The summed E-state index contributed by atoms with van der Waals surface area (Å²) in [6.07, 6.45) is 2.44. The van der Waals surface area contributed by atoms with Gasteiger partial charge in [-0.3, -0.25) is 4.79 Å². The number of rotatable bonds is 9. The average molecular weight is 455 g/mol. The number of aromatic nitrogens is 4. The van der Waals surface area contributed by atoms with Gasteiger partial charge in [0.05, 0.1) is 24.5 Å². The fraction of sp³-hybridized carbons (Fsp3) is 0.458. The third-order valence-electron chi connectivity index (χ3n) is 6.00. The molecule has 7 nitrogen and oxygen atoms in total. The van der Waals surface area contributed by atoms with Crippen molar-refractivity contribution in [2.75, 3.05) is 19.5 Å². The topological polar surface area (TPSA) is 71.2 Å². The van der Waals surface area contributed by atoms with Crippen molar-refractivity contribution in [3.8, 4) is 17.1 Å². The molecule has 1 saturated heterocycles. The fourth-order valence-electron chi connectivity index (χ4n) is 4.27. The standard InChI is InChI=1S/C24H30N4O3S/c1-5-27-23(19-10-6-7-11-22(19)30-4)25-26-24(27)32-15-21(29)20-13-16(2)28(17(20)3)14-18-9-8-12-31-18/h6-7,10-11,13,18H,5,8-9,12,14-15H2,1-4H3. The van der Waals surface area contributed by atoms with Crippen molar-refractivity contribution < 1.29 is 14.3 Å². The van der Waals surface area contributed by atoms with Crippen molar-refractivity contribution >= 4 is 17.5 Å². The Morgan fingerprint density at radius 2 is 2.06 bits per heavy atom. The molecule has 1 fully saturated rings. The van der Waals surface area contributed by atoms with Crippen LogP contribution in [0.2, 0.25) is 0 Å². The number of hydrogen-bond donors (Lipinski definition) is 0. The van der Waals surface area contributed by atoms with Crippen LogP contribution >= 0.6 is 11.8 Å². The second-order valence-electron chi connectivity index (χ2n) is 7.99. The Hall–Kier alpha value is -2.58.